The first-order valence-electron chi connectivity index (χ1n) is 5.99. The smallest absolute Gasteiger partial charge is 0.228 e. The second kappa shape index (κ2) is 5.32. The van der Waals surface area contributed by atoms with Crippen molar-refractivity contribution in [2.75, 3.05) is 13.1 Å². The highest BCUT2D eigenvalue weighted by Crippen LogP contribution is 2.16. The average Bonchev–Trinajstić information content (AvgIpc) is 2.59. The van der Waals surface area contributed by atoms with Crippen molar-refractivity contribution in [3.8, 4) is 0 Å². The fraction of sp³-hybridized carbons (Fsp3) is 0.833. The largest absolute Gasteiger partial charge is 0.355 e. The number of rotatable bonds is 4. The first-order valence-corrected chi connectivity index (χ1v) is 5.99. The highest BCUT2D eigenvalue weighted by atomic mass is 16.2. The summed E-state index contributed by atoms with van der Waals surface area (Å²) in [5.74, 6) is 0.402. The molecule has 0 saturated carbocycles. The predicted octanol–water partition coefficient (Wildman–Crippen LogP) is 1.02. The molecule has 1 saturated heterocycles. The van der Waals surface area contributed by atoms with Crippen molar-refractivity contribution in [1.29, 1.82) is 0 Å². The SMILES string of the molecule is CC(C)CN(C(=O)C1CNC(=O)C1)C(C)C. The van der Waals surface area contributed by atoms with Crippen molar-refractivity contribution in [1.82, 2.24) is 10.2 Å². The first kappa shape index (κ1) is 13.0. The number of carbonyl (C=O) groups excluding carboxylic acids is 2. The van der Waals surface area contributed by atoms with Gasteiger partial charge in [0, 0.05) is 25.6 Å². The lowest BCUT2D eigenvalue weighted by Crippen LogP contribution is -2.43. The van der Waals surface area contributed by atoms with Crippen LogP contribution < -0.4 is 5.32 Å². The third-order valence-corrected chi connectivity index (χ3v) is 2.79. The minimum atomic E-state index is -0.159. The maximum atomic E-state index is 12.2. The maximum absolute atomic E-state index is 12.2. The molecule has 1 aliphatic heterocycles. The quantitative estimate of drug-likeness (QED) is 0.778. The Morgan fingerprint density at radius 2 is 2.06 bits per heavy atom. The Morgan fingerprint density at radius 1 is 1.44 bits per heavy atom. The topological polar surface area (TPSA) is 49.4 Å². The van der Waals surface area contributed by atoms with Crippen LogP contribution >= 0.6 is 0 Å². The Hall–Kier alpha value is -1.06. The third-order valence-electron chi connectivity index (χ3n) is 2.79. The van der Waals surface area contributed by atoms with E-state index in [4.69, 9.17) is 0 Å². The van der Waals surface area contributed by atoms with Gasteiger partial charge in [-0.05, 0) is 19.8 Å². The van der Waals surface area contributed by atoms with E-state index in [2.05, 4.69) is 19.2 Å². The second-order valence-corrected chi connectivity index (χ2v) is 5.18. The lowest BCUT2D eigenvalue weighted by atomic mass is 10.0. The summed E-state index contributed by atoms with van der Waals surface area (Å²) in [7, 11) is 0. The van der Waals surface area contributed by atoms with Gasteiger partial charge in [-0.3, -0.25) is 9.59 Å². The molecule has 1 aliphatic rings. The van der Waals surface area contributed by atoms with Crippen molar-refractivity contribution in [3.05, 3.63) is 0 Å². The average molecular weight is 226 g/mol. The molecule has 16 heavy (non-hydrogen) atoms. The van der Waals surface area contributed by atoms with Crippen molar-refractivity contribution in [2.24, 2.45) is 11.8 Å². The Kier molecular flexibility index (Phi) is 4.33. The molecule has 0 radical (unpaired) electrons. The molecule has 1 heterocycles. The summed E-state index contributed by atoms with van der Waals surface area (Å²) in [6.45, 7) is 9.50. The van der Waals surface area contributed by atoms with Crippen LogP contribution in [0.4, 0.5) is 0 Å². The molecule has 0 aromatic carbocycles. The predicted molar refractivity (Wildman–Crippen MR) is 62.8 cm³/mol. The number of hydrogen-bond acceptors (Lipinski definition) is 2. The van der Waals surface area contributed by atoms with Crippen molar-refractivity contribution >= 4 is 11.8 Å². The van der Waals surface area contributed by atoms with E-state index in [0.29, 0.717) is 18.9 Å². The number of amides is 2. The summed E-state index contributed by atoms with van der Waals surface area (Å²) in [5, 5.41) is 2.71. The zero-order valence-corrected chi connectivity index (χ0v) is 10.6. The molecule has 92 valence electrons. The molecule has 1 atom stereocenters. The number of nitrogens with one attached hydrogen (secondary N) is 1. The maximum Gasteiger partial charge on any atom is 0.228 e. The van der Waals surface area contributed by atoms with E-state index in [1.165, 1.54) is 0 Å². The van der Waals surface area contributed by atoms with Crippen LogP contribution in [0.3, 0.4) is 0 Å². The van der Waals surface area contributed by atoms with E-state index in [9.17, 15) is 9.59 Å². The summed E-state index contributed by atoms with van der Waals surface area (Å²) in [6.07, 6.45) is 0.347. The molecular weight excluding hydrogens is 204 g/mol. The molecule has 4 heteroatoms. The molecule has 4 nitrogen and oxygen atoms in total. The van der Waals surface area contributed by atoms with Gasteiger partial charge in [0.1, 0.15) is 0 Å². The number of hydrogen-bond donors (Lipinski definition) is 1. The Bertz CT molecular complexity index is 274. The Balaban J connectivity index is 2.63. The minimum Gasteiger partial charge on any atom is -0.355 e. The van der Waals surface area contributed by atoms with Gasteiger partial charge in [-0.15, -0.1) is 0 Å². The Labute approximate surface area is 97.4 Å². The highest BCUT2D eigenvalue weighted by Gasteiger charge is 2.32. The summed E-state index contributed by atoms with van der Waals surface area (Å²) >= 11 is 0. The van der Waals surface area contributed by atoms with Crippen LogP contribution in [-0.2, 0) is 9.59 Å². The fourth-order valence-corrected chi connectivity index (χ4v) is 1.96. The zero-order valence-electron chi connectivity index (χ0n) is 10.6. The molecule has 0 bridgehead atoms. The van der Waals surface area contributed by atoms with Crippen molar-refractivity contribution in [3.63, 3.8) is 0 Å². The van der Waals surface area contributed by atoms with Crippen LogP contribution in [0.5, 0.6) is 0 Å². The van der Waals surface area contributed by atoms with E-state index in [-0.39, 0.29) is 23.8 Å². The van der Waals surface area contributed by atoms with Gasteiger partial charge >= 0.3 is 0 Å². The van der Waals surface area contributed by atoms with Crippen LogP contribution in [0.15, 0.2) is 0 Å². The van der Waals surface area contributed by atoms with Gasteiger partial charge in [0.05, 0.1) is 5.92 Å². The molecule has 1 rings (SSSR count). The Morgan fingerprint density at radius 3 is 2.44 bits per heavy atom. The molecule has 0 aromatic heterocycles. The highest BCUT2D eigenvalue weighted by molar-refractivity contribution is 5.89. The molecule has 1 fully saturated rings. The van der Waals surface area contributed by atoms with Crippen LogP contribution in [0.25, 0.3) is 0 Å². The summed E-state index contributed by atoms with van der Waals surface area (Å²) in [6, 6.07) is 0.200. The van der Waals surface area contributed by atoms with Gasteiger partial charge in [0.15, 0.2) is 0 Å². The van der Waals surface area contributed by atoms with E-state index >= 15 is 0 Å². The standard InChI is InChI=1S/C12H22N2O2/c1-8(2)7-14(9(3)4)12(16)10-5-11(15)13-6-10/h8-10H,5-7H2,1-4H3,(H,13,15). The van der Waals surface area contributed by atoms with E-state index in [1.54, 1.807) is 0 Å². The lowest BCUT2D eigenvalue weighted by molar-refractivity contribution is -0.138. The van der Waals surface area contributed by atoms with E-state index in [1.807, 2.05) is 18.7 Å². The van der Waals surface area contributed by atoms with Gasteiger partial charge in [0.25, 0.3) is 0 Å². The first-order chi connectivity index (χ1) is 7.41. The lowest BCUT2D eigenvalue weighted by Gasteiger charge is -2.30. The molecule has 1 unspecified atom stereocenters. The normalized spacial score (nSPS) is 20.4. The van der Waals surface area contributed by atoms with Crippen molar-refractivity contribution in [2.45, 2.75) is 40.2 Å². The molecule has 0 aromatic rings. The monoisotopic (exact) mass is 226 g/mol. The van der Waals surface area contributed by atoms with Crippen molar-refractivity contribution < 1.29 is 9.59 Å². The van der Waals surface area contributed by atoms with Gasteiger partial charge in [0.2, 0.25) is 11.8 Å². The van der Waals surface area contributed by atoms with E-state index in [0.717, 1.165) is 6.54 Å². The molecule has 0 spiro atoms. The molecule has 1 N–H and O–H groups in total. The fourth-order valence-electron chi connectivity index (χ4n) is 1.96. The van der Waals surface area contributed by atoms with Gasteiger partial charge in [-0.1, -0.05) is 13.8 Å². The van der Waals surface area contributed by atoms with Crippen LogP contribution in [0.1, 0.15) is 34.1 Å². The van der Waals surface area contributed by atoms with Crippen LogP contribution in [0, 0.1) is 11.8 Å². The number of nitrogens with zero attached hydrogens (tertiary/aromatic N) is 1. The summed E-state index contributed by atoms with van der Waals surface area (Å²) in [4.78, 5) is 25.2. The minimum absolute atomic E-state index is 0.00777. The van der Waals surface area contributed by atoms with Gasteiger partial charge in [-0.25, -0.2) is 0 Å². The number of carbonyl (C=O) groups is 2. The van der Waals surface area contributed by atoms with Gasteiger partial charge < -0.3 is 10.2 Å². The summed E-state index contributed by atoms with van der Waals surface area (Å²) < 4.78 is 0. The molecule has 0 aliphatic carbocycles. The van der Waals surface area contributed by atoms with Crippen LogP contribution in [0.2, 0.25) is 0 Å². The second-order valence-electron chi connectivity index (χ2n) is 5.18. The summed E-state index contributed by atoms with van der Waals surface area (Å²) in [5.41, 5.74) is 0. The van der Waals surface area contributed by atoms with Crippen LogP contribution in [-0.4, -0.2) is 35.8 Å². The molecular formula is C12H22N2O2. The molecule has 2 amide bonds. The van der Waals surface area contributed by atoms with E-state index < -0.39 is 0 Å². The zero-order chi connectivity index (χ0) is 12.3. The third kappa shape index (κ3) is 3.22. The van der Waals surface area contributed by atoms with Gasteiger partial charge in [-0.2, -0.15) is 0 Å².